The number of rotatable bonds is 7. The highest BCUT2D eigenvalue weighted by Crippen LogP contribution is 2.48. The molecule has 1 aromatic heterocycles. The van der Waals surface area contributed by atoms with Gasteiger partial charge in [0.2, 0.25) is 0 Å². The van der Waals surface area contributed by atoms with Crippen LogP contribution in [0.3, 0.4) is 0 Å². The second-order valence-electron chi connectivity index (χ2n) is 10.8. The number of hydrogen-bond acceptors (Lipinski definition) is 7. The minimum absolute atomic E-state index is 0.0314. The van der Waals surface area contributed by atoms with Gasteiger partial charge in [0.1, 0.15) is 5.02 Å². The first-order chi connectivity index (χ1) is 16.7. The van der Waals surface area contributed by atoms with E-state index >= 15 is 0 Å². The molecule has 3 rings (SSSR count). The van der Waals surface area contributed by atoms with Crippen LogP contribution in [0.4, 0.5) is 10.5 Å². The number of carbonyl (C=O) groups is 3. The van der Waals surface area contributed by atoms with Gasteiger partial charge in [-0.2, -0.15) is 0 Å². The topological polar surface area (TPSA) is 111 Å². The van der Waals surface area contributed by atoms with Crippen molar-refractivity contribution in [2.24, 2.45) is 16.6 Å². The van der Waals surface area contributed by atoms with E-state index in [-0.39, 0.29) is 26.5 Å². The minimum Gasteiger partial charge on any atom is -0.480 e. The van der Waals surface area contributed by atoms with Gasteiger partial charge in [-0.25, -0.2) is 9.59 Å². The molecule has 0 unspecified atom stereocenters. The highest BCUT2D eigenvalue weighted by Gasteiger charge is 2.38. The summed E-state index contributed by atoms with van der Waals surface area (Å²) in [6.45, 7) is 8.73. The molecule has 3 N–H and O–H groups in total. The lowest BCUT2D eigenvalue weighted by molar-refractivity contribution is -0.129. The molecule has 0 radical (unpaired) electrons. The third kappa shape index (κ3) is 6.50. The Kier molecular flexibility index (Phi) is 8.25. The minimum atomic E-state index is -0.914. The number of likely N-dealkylation sites (N-methyl/N-ethyl adjacent to an activating group) is 1. The van der Waals surface area contributed by atoms with Crippen molar-refractivity contribution in [3.8, 4) is 16.2 Å². The Morgan fingerprint density at radius 2 is 1.83 bits per heavy atom. The van der Waals surface area contributed by atoms with Gasteiger partial charge in [-0.15, -0.1) is 11.3 Å². The molecule has 2 aromatic rings. The lowest BCUT2D eigenvalue weighted by Gasteiger charge is -2.45. The fraction of sp³-hybridized carbons (Fsp3) is 0.500. The number of urea groups is 1. The van der Waals surface area contributed by atoms with Crippen LogP contribution in [-0.4, -0.2) is 49.6 Å². The average Bonchev–Trinajstić information content (AvgIpc) is 3.10. The number of nitrogens with two attached hydrogens (primary N) is 1. The molecule has 8 nitrogen and oxygen atoms in total. The van der Waals surface area contributed by atoms with Crippen molar-refractivity contribution in [3.05, 3.63) is 34.2 Å². The van der Waals surface area contributed by atoms with Gasteiger partial charge in [0.25, 0.3) is 5.91 Å². The summed E-state index contributed by atoms with van der Waals surface area (Å²) in [4.78, 5) is 37.3. The maximum Gasteiger partial charge on any atom is 0.351 e. The molecule has 3 amide bonds. The Morgan fingerprint density at radius 3 is 2.42 bits per heavy atom. The van der Waals surface area contributed by atoms with Crippen molar-refractivity contribution in [2.75, 3.05) is 26.1 Å². The molecular formula is C26H34ClN3O5S. The highest BCUT2D eigenvalue weighted by molar-refractivity contribution is 7.18. The number of nitrogens with zero attached hydrogens (tertiary/aromatic N) is 1. The summed E-state index contributed by atoms with van der Waals surface area (Å²) in [5.41, 5.74) is 7.38. The first kappa shape index (κ1) is 27.8. The van der Waals surface area contributed by atoms with Gasteiger partial charge < -0.3 is 20.5 Å². The van der Waals surface area contributed by atoms with Gasteiger partial charge >= 0.3 is 12.0 Å². The zero-order valence-corrected chi connectivity index (χ0v) is 23.1. The second kappa shape index (κ2) is 10.7. The first-order valence-electron chi connectivity index (χ1n) is 11.7. The molecule has 0 bridgehead atoms. The molecule has 1 aliphatic carbocycles. The Labute approximate surface area is 221 Å². The van der Waals surface area contributed by atoms with Crippen molar-refractivity contribution in [3.63, 3.8) is 0 Å². The number of thiophene rings is 1. The van der Waals surface area contributed by atoms with Crippen LogP contribution in [0.1, 0.15) is 56.6 Å². The number of hydrogen-bond donors (Lipinski definition) is 2. The molecule has 0 spiro atoms. The molecule has 1 saturated carbocycles. The van der Waals surface area contributed by atoms with Gasteiger partial charge in [0.05, 0.1) is 12.0 Å². The van der Waals surface area contributed by atoms with E-state index in [0.717, 1.165) is 40.3 Å². The summed E-state index contributed by atoms with van der Waals surface area (Å²) < 4.78 is 10.5. The third-order valence-electron chi connectivity index (χ3n) is 6.28. The smallest absolute Gasteiger partial charge is 0.351 e. The Balaban J connectivity index is 1.88. The SMILES string of the molecule is COC(=O)c1sc(-c2cccc(NC3CC(C)(C)CC(C)(C)C3)c2)c(Cl)c1OCC(=O)N(C)C(N)=O. The van der Waals surface area contributed by atoms with Crippen molar-refractivity contribution >= 4 is 46.5 Å². The zero-order valence-electron chi connectivity index (χ0n) is 21.6. The number of benzene rings is 1. The maximum absolute atomic E-state index is 12.4. The van der Waals surface area contributed by atoms with Gasteiger partial charge in [-0.1, -0.05) is 51.4 Å². The van der Waals surface area contributed by atoms with E-state index < -0.39 is 24.5 Å². The predicted molar refractivity (Wildman–Crippen MR) is 143 cm³/mol. The van der Waals surface area contributed by atoms with Gasteiger partial charge in [0.15, 0.2) is 17.2 Å². The van der Waals surface area contributed by atoms with Gasteiger partial charge in [-0.3, -0.25) is 9.69 Å². The van der Waals surface area contributed by atoms with Crippen LogP contribution in [0.25, 0.3) is 10.4 Å². The molecule has 0 aliphatic heterocycles. The number of carbonyl (C=O) groups excluding carboxylic acids is 3. The summed E-state index contributed by atoms with van der Waals surface area (Å²) in [5, 5.41) is 3.87. The number of methoxy groups -OCH3 is 1. The Morgan fingerprint density at radius 1 is 1.19 bits per heavy atom. The quantitative estimate of drug-likeness (QED) is 0.434. The van der Waals surface area contributed by atoms with E-state index in [0.29, 0.717) is 10.9 Å². The summed E-state index contributed by atoms with van der Waals surface area (Å²) in [5.74, 6) is -1.28. The van der Waals surface area contributed by atoms with Crippen LogP contribution in [-0.2, 0) is 9.53 Å². The zero-order chi connectivity index (χ0) is 26.8. The molecule has 0 atom stereocenters. The monoisotopic (exact) mass is 535 g/mol. The molecule has 10 heteroatoms. The van der Waals surface area contributed by atoms with Crippen molar-refractivity contribution in [1.29, 1.82) is 0 Å². The van der Waals surface area contributed by atoms with E-state index in [2.05, 4.69) is 33.0 Å². The van der Waals surface area contributed by atoms with Crippen LogP contribution < -0.4 is 15.8 Å². The normalized spacial score (nSPS) is 16.8. The number of imide groups is 1. The summed E-state index contributed by atoms with van der Waals surface area (Å²) in [7, 11) is 2.49. The van der Waals surface area contributed by atoms with Crippen LogP contribution in [0.2, 0.25) is 5.02 Å². The van der Waals surface area contributed by atoms with Crippen LogP contribution in [0, 0.1) is 10.8 Å². The standard InChI is InChI=1S/C26H34ClN3O5S/c1-25(2)11-17(12-26(3,4)14-25)29-16-9-7-8-15(10-16)21-19(27)20(22(36-21)23(32)34-6)35-13-18(31)30(5)24(28)33/h7-10,17,29H,11-14H2,1-6H3,(H2,28,33). The van der Waals surface area contributed by atoms with Gasteiger partial charge in [-0.05, 0) is 47.8 Å². The number of esters is 1. The number of primary amides is 1. The molecule has 1 aliphatic rings. The Bertz CT molecular complexity index is 1140. The van der Waals surface area contributed by atoms with Crippen molar-refractivity contribution in [2.45, 2.75) is 53.0 Å². The van der Waals surface area contributed by atoms with E-state index in [1.807, 2.05) is 24.3 Å². The highest BCUT2D eigenvalue weighted by atomic mass is 35.5. The third-order valence-corrected chi connectivity index (χ3v) is 7.95. The molecule has 1 fully saturated rings. The van der Waals surface area contributed by atoms with Crippen LogP contribution >= 0.6 is 22.9 Å². The van der Waals surface area contributed by atoms with E-state index in [9.17, 15) is 14.4 Å². The predicted octanol–water partition coefficient (Wildman–Crippen LogP) is 5.79. The van der Waals surface area contributed by atoms with E-state index in [4.69, 9.17) is 26.8 Å². The average molecular weight is 536 g/mol. The van der Waals surface area contributed by atoms with E-state index in [1.165, 1.54) is 20.6 Å². The van der Waals surface area contributed by atoms with Crippen LogP contribution in [0.5, 0.6) is 5.75 Å². The number of halogens is 1. The molecule has 36 heavy (non-hydrogen) atoms. The lowest BCUT2D eigenvalue weighted by atomic mass is 9.63. The molecule has 0 saturated heterocycles. The Hall–Kier alpha value is -2.78. The van der Waals surface area contributed by atoms with Crippen LogP contribution in [0.15, 0.2) is 24.3 Å². The lowest BCUT2D eigenvalue weighted by Crippen LogP contribution is -2.40. The molecule has 196 valence electrons. The van der Waals surface area contributed by atoms with Crippen molar-refractivity contribution < 1.29 is 23.9 Å². The molecular weight excluding hydrogens is 502 g/mol. The largest absolute Gasteiger partial charge is 0.480 e. The van der Waals surface area contributed by atoms with Gasteiger partial charge in [0, 0.05) is 18.8 Å². The maximum atomic E-state index is 12.4. The molecule has 1 aromatic carbocycles. The summed E-state index contributed by atoms with van der Waals surface area (Å²) in [6, 6.07) is 7.24. The fourth-order valence-corrected chi connectivity index (χ4v) is 6.71. The summed E-state index contributed by atoms with van der Waals surface area (Å²) >= 11 is 7.77. The second-order valence-corrected chi connectivity index (χ2v) is 12.2. The summed E-state index contributed by atoms with van der Waals surface area (Å²) in [6.07, 6.45) is 3.32. The molecule has 1 heterocycles. The van der Waals surface area contributed by atoms with E-state index in [1.54, 1.807) is 0 Å². The number of ether oxygens (including phenoxy) is 2. The van der Waals surface area contributed by atoms with Crippen molar-refractivity contribution in [1.82, 2.24) is 4.90 Å². The number of anilines is 1. The number of amides is 3. The fourth-order valence-electron chi connectivity index (χ4n) is 5.23. The number of nitrogens with one attached hydrogen (secondary N) is 1. The first-order valence-corrected chi connectivity index (χ1v) is 12.9.